The van der Waals surface area contributed by atoms with Crippen LogP contribution < -0.4 is 5.73 Å². The number of hydrogen-bond donors (Lipinski definition) is 1. The highest BCUT2D eigenvalue weighted by Gasteiger charge is 2.37. The average Bonchev–Trinajstić information content (AvgIpc) is 2.87. The van der Waals surface area contributed by atoms with Crippen molar-refractivity contribution in [2.75, 3.05) is 19.6 Å². The molecule has 1 aromatic carbocycles. The van der Waals surface area contributed by atoms with Crippen LogP contribution in [-0.4, -0.2) is 47.3 Å². The molecule has 1 aromatic rings. The molecule has 2 fully saturated rings. The van der Waals surface area contributed by atoms with Crippen molar-refractivity contribution in [1.82, 2.24) is 9.80 Å². The van der Waals surface area contributed by atoms with Gasteiger partial charge in [0, 0.05) is 32.1 Å². The minimum atomic E-state index is -0.616. The molecule has 0 aliphatic carbocycles. The van der Waals surface area contributed by atoms with E-state index in [9.17, 15) is 9.59 Å². The summed E-state index contributed by atoms with van der Waals surface area (Å²) in [4.78, 5) is 27.9. The van der Waals surface area contributed by atoms with E-state index >= 15 is 0 Å². The molecule has 2 amide bonds. The van der Waals surface area contributed by atoms with Gasteiger partial charge in [0.2, 0.25) is 11.8 Å². The van der Waals surface area contributed by atoms with E-state index in [-0.39, 0.29) is 17.9 Å². The third kappa shape index (κ3) is 2.65. The van der Waals surface area contributed by atoms with Gasteiger partial charge in [-0.25, -0.2) is 0 Å². The maximum Gasteiger partial charge on any atom is 0.244 e. The third-order valence-electron chi connectivity index (χ3n) is 4.51. The highest BCUT2D eigenvalue weighted by Crippen LogP contribution is 2.24. The minimum absolute atomic E-state index is 0.0437. The number of carbonyl (C=O) groups excluding carboxylic acids is 2. The lowest BCUT2D eigenvalue weighted by molar-refractivity contribution is -0.140. The molecule has 3 rings (SSSR count). The fraction of sp³-hybridized carbons (Fsp3) is 0.500. The first-order valence-electron chi connectivity index (χ1n) is 7.46. The topological polar surface area (TPSA) is 66.6 Å². The van der Waals surface area contributed by atoms with E-state index < -0.39 is 6.04 Å². The molecule has 0 spiro atoms. The Kier molecular flexibility index (Phi) is 3.68. The number of nitrogens with two attached hydrogens (primary N) is 1. The van der Waals surface area contributed by atoms with Crippen LogP contribution in [0.25, 0.3) is 0 Å². The Morgan fingerprint density at radius 1 is 1.29 bits per heavy atom. The molecule has 2 N–H and O–H groups in total. The quantitative estimate of drug-likeness (QED) is 0.876. The highest BCUT2D eigenvalue weighted by atomic mass is 16.2. The lowest BCUT2D eigenvalue weighted by Crippen LogP contribution is -2.54. The van der Waals surface area contributed by atoms with E-state index in [1.807, 2.05) is 41.0 Å². The molecule has 2 atom stereocenters. The molecule has 0 aromatic heterocycles. The number of piperazine rings is 1. The standard InChI is InChI=1S/C16H21N3O2/c1-11-2-4-12(5-3-11)15(17)16(21)18-8-9-19-13(10-18)6-7-14(19)20/h2-5,13,15H,6-10,17H2,1H3. The normalized spacial score (nSPS) is 23.1. The van der Waals surface area contributed by atoms with E-state index in [0.717, 1.165) is 17.5 Å². The van der Waals surface area contributed by atoms with E-state index in [1.54, 1.807) is 0 Å². The monoisotopic (exact) mass is 287 g/mol. The van der Waals surface area contributed by atoms with E-state index in [4.69, 9.17) is 5.73 Å². The lowest BCUT2D eigenvalue weighted by atomic mass is 10.0. The van der Waals surface area contributed by atoms with Crippen molar-refractivity contribution < 1.29 is 9.59 Å². The van der Waals surface area contributed by atoms with Crippen LogP contribution in [0.2, 0.25) is 0 Å². The summed E-state index contributed by atoms with van der Waals surface area (Å²) in [7, 11) is 0. The number of benzene rings is 1. The Bertz CT molecular complexity index is 555. The van der Waals surface area contributed by atoms with Crippen LogP contribution in [0, 0.1) is 6.92 Å². The molecule has 5 nitrogen and oxygen atoms in total. The van der Waals surface area contributed by atoms with Crippen molar-refractivity contribution in [2.45, 2.75) is 31.8 Å². The summed E-state index contributed by atoms with van der Waals surface area (Å²) in [5.74, 6) is 0.174. The molecule has 2 unspecified atom stereocenters. The summed E-state index contributed by atoms with van der Waals surface area (Å²) in [5, 5.41) is 0. The van der Waals surface area contributed by atoms with Crippen LogP contribution in [0.15, 0.2) is 24.3 Å². The maximum absolute atomic E-state index is 12.6. The van der Waals surface area contributed by atoms with Crippen LogP contribution in [-0.2, 0) is 9.59 Å². The summed E-state index contributed by atoms with van der Waals surface area (Å²) >= 11 is 0. The summed E-state index contributed by atoms with van der Waals surface area (Å²) < 4.78 is 0. The molecule has 5 heteroatoms. The predicted molar refractivity (Wildman–Crippen MR) is 79.4 cm³/mol. The zero-order chi connectivity index (χ0) is 15.0. The predicted octanol–water partition coefficient (Wildman–Crippen LogP) is 0.828. The van der Waals surface area contributed by atoms with Gasteiger partial charge in [-0.3, -0.25) is 9.59 Å². The Balaban J connectivity index is 1.68. The summed E-state index contributed by atoms with van der Waals surface area (Å²) in [6, 6.07) is 7.32. The van der Waals surface area contributed by atoms with Crippen LogP contribution in [0.1, 0.15) is 30.0 Å². The minimum Gasteiger partial charge on any atom is -0.337 e. The zero-order valence-corrected chi connectivity index (χ0v) is 12.3. The van der Waals surface area contributed by atoms with Crippen molar-refractivity contribution in [2.24, 2.45) is 5.73 Å². The number of amides is 2. The Morgan fingerprint density at radius 2 is 2.00 bits per heavy atom. The maximum atomic E-state index is 12.6. The van der Waals surface area contributed by atoms with E-state index in [0.29, 0.717) is 26.1 Å². The van der Waals surface area contributed by atoms with Crippen molar-refractivity contribution in [3.63, 3.8) is 0 Å². The van der Waals surface area contributed by atoms with Gasteiger partial charge in [-0.15, -0.1) is 0 Å². The van der Waals surface area contributed by atoms with Gasteiger partial charge < -0.3 is 15.5 Å². The van der Waals surface area contributed by atoms with E-state index in [1.165, 1.54) is 0 Å². The second-order valence-corrected chi connectivity index (χ2v) is 5.95. The number of aryl methyl sites for hydroxylation is 1. The third-order valence-corrected chi connectivity index (χ3v) is 4.51. The number of fused-ring (bicyclic) bond motifs is 1. The Labute approximate surface area is 124 Å². The molecular weight excluding hydrogens is 266 g/mol. The molecule has 2 aliphatic rings. The Hall–Kier alpha value is -1.88. The molecule has 2 aliphatic heterocycles. The van der Waals surface area contributed by atoms with Gasteiger partial charge in [0.1, 0.15) is 6.04 Å². The van der Waals surface area contributed by atoms with Crippen molar-refractivity contribution in [3.8, 4) is 0 Å². The Morgan fingerprint density at radius 3 is 2.71 bits per heavy atom. The molecule has 21 heavy (non-hydrogen) atoms. The molecule has 2 saturated heterocycles. The molecule has 0 bridgehead atoms. The first kappa shape index (κ1) is 14.1. The summed E-state index contributed by atoms with van der Waals surface area (Å²) in [5.41, 5.74) is 8.10. The zero-order valence-electron chi connectivity index (χ0n) is 12.3. The average molecular weight is 287 g/mol. The van der Waals surface area contributed by atoms with Crippen molar-refractivity contribution in [1.29, 1.82) is 0 Å². The van der Waals surface area contributed by atoms with Gasteiger partial charge in [-0.05, 0) is 18.9 Å². The van der Waals surface area contributed by atoms with Gasteiger partial charge in [-0.2, -0.15) is 0 Å². The molecule has 2 heterocycles. The SMILES string of the molecule is Cc1ccc(C(N)C(=O)N2CCN3C(=O)CCC3C2)cc1. The number of nitrogens with zero attached hydrogens (tertiary/aromatic N) is 2. The number of hydrogen-bond acceptors (Lipinski definition) is 3. The van der Waals surface area contributed by atoms with E-state index in [2.05, 4.69) is 0 Å². The summed E-state index contributed by atoms with van der Waals surface area (Å²) in [6.07, 6.45) is 1.46. The second-order valence-electron chi connectivity index (χ2n) is 5.95. The van der Waals surface area contributed by atoms with Crippen LogP contribution in [0.3, 0.4) is 0 Å². The molecular formula is C16H21N3O2. The van der Waals surface area contributed by atoms with Gasteiger partial charge in [-0.1, -0.05) is 29.8 Å². The van der Waals surface area contributed by atoms with Gasteiger partial charge in [0.25, 0.3) is 0 Å². The van der Waals surface area contributed by atoms with Crippen molar-refractivity contribution >= 4 is 11.8 Å². The lowest BCUT2D eigenvalue weighted by Gasteiger charge is -2.38. The molecule has 112 valence electrons. The summed E-state index contributed by atoms with van der Waals surface area (Å²) in [6.45, 7) is 3.84. The van der Waals surface area contributed by atoms with Crippen LogP contribution in [0.5, 0.6) is 0 Å². The van der Waals surface area contributed by atoms with Gasteiger partial charge in [0.05, 0.1) is 0 Å². The van der Waals surface area contributed by atoms with Gasteiger partial charge in [0.15, 0.2) is 0 Å². The number of rotatable bonds is 2. The van der Waals surface area contributed by atoms with Crippen molar-refractivity contribution in [3.05, 3.63) is 35.4 Å². The number of carbonyl (C=O) groups is 2. The largest absolute Gasteiger partial charge is 0.337 e. The highest BCUT2D eigenvalue weighted by molar-refractivity contribution is 5.84. The van der Waals surface area contributed by atoms with Crippen LogP contribution in [0.4, 0.5) is 0 Å². The first-order chi connectivity index (χ1) is 10.1. The smallest absolute Gasteiger partial charge is 0.244 e. The van der Waals surface area contributed by atoms with Crippen LogP contribution >= 0.6 is 0 Å². The first-order valence-corrected chi connectivity index (χ1v) is 7.46. The fourth-order valence-electron chi connectivity index (χ4n) is 3.18. The molecule has 0 saturated carbocycles. The molecule has 0 radical (unpaired) electrons. The fourth-order valence-corrected chi connectivity index (χ4v) is 3.18. The second kappa shape index (κ2) is 5.48. The van der Waals surface area contributed by atoms with Gasteiger partial charge >= 0.3 is 0 Å².